The van der Waals surface area contributed by atoms with Crippen LogP contribution in [0.1, 0.15) is 28.4 Å². The Bertz CT molecular complexity index is 880. The Morgan fingerprint density at radius 1 is 1.09 bits per heavy atom. The van der Waals surface area contributed by atoms with E-state index < -0.39 is 24.0 Å². The first-order valence-corrected chi connectivity index (χ1v) is 11.6. The van der Waals surface area contributed by atoms with Crippen molar-refractivity contribution in [3.8, 4) is 0 Å². The van der Waals surface area contributed by atoms with Gasteiger partial charge in [0.05, 0.1) is 26.4 Å². The minimum absolute atomic E-state index is 0.413. The quantitative estimate of drug-likeness (QED) is 0.441. The number of nitrogens with zero attached hydrogens (tertiary/aromatic N) is 1. The highest BCUT2D eigenvalue weighted by Crippen LogP contribution is 2.23. The Morgan fingerprint density at radius 2 is 1.72 bits per heavy atom. The van der Waals surface area contributed by atoms with Crippen LogP contribution in [0.3, 0.4) is 0 Å². The molecule has 7 nitrogen and oxygen atoms in total. The smallest absolute Gasteiger partial charge is 0.331 e. The Labute approximate surface area is 193 Å². The lowest BCUT2D eigenvalue weighted by Crippen LogP contribution is -2.48. The second-order valence-corrected chi connectivity index (χ2v) is 8.78. The lowest BCUT2D eigenvalue weighted by molar-refractivity contribution is -0.145. The molecule has 0 aliphatic carbocycles. The minimum atomic E-state index is -1.10. The first-order valence-electron chi connectivity index (χ1n) is 10.6. The number of aliphatic hydroxyl groups is 1. The minimum Gasteiger partial charge on any atom is -0.467 e. The fraction of sp³-hybridized carbons (Fsp3) is 0.417. The fourth-order valence-electron chi connectivity index (χ4n) is 3.36. The maximum Gasteiger partial charge on any atom is 0.331 e. The van der Waals surface area contributed by atoms with Crippen molar-refractivity contribution in [2.45, 2.75) is 36.3 Å². The molecule has 1 aliphatic rings. The van der Waals surface area contributed by atoms with Gasteiger partial charge in [-0.15, -0.1) is 11.8 Å². The van der Waals surface area contributed by atoms with Gasteiger partial charge in [0.25, 0.3) is 5.91 Å². The van der Waals surface area contributed by atoms with Gasteiger partial charge in [-0.3, -0.25) is 9.69 Å². The Hall–Kier alpha value is -2.39. The third-order valence-electron chi connectivity index (χ3n) is 5.28. The molecule has 0 aromatic heterocycles. The van der Waals surface area contributed by atoms with E-state index in [0.717, 1.165) is 43.5 Å². The van der Waals surface area contributed by atoms with Crippen molar-refractivity contribution in [1.82, 2.24) is 10.2 Å². The van der Waals surface area contributed by atoms with Crippen molar-refractivity contribution in [3.05, 3.63) is 65.2 Å². The van der Waals surface area contributed by atoms with Crippen LogP contribution in [0.2, 0.25) is 0 Å². The monoisotopic (exact) mass is 458 g/mol. The predicted molar refractivity (Wildman–Crippen MR) is 123 cm³/mol. The number of methoxy groups -OCH3 is 1. The van der Waals surface area contributed by atoms with E-state index in [4.69, 9.17) is 4.74 Å². The fourth-order valence-corrected chi connectivity index (χ4v) is 4.21. The summed E-state index contributed by atoms with van der Waals surface area (Å²) < 4.78 is 10.0. The van der Waals surface area contributed by atoms with Crippen LogP contribution in [0.4, 0.5) is 0 Å². The van der Waals surface area contributed by atoms with Gasteiger partial charge in [0.15, 0.2) is 6.04 Å². The first-order chi connectivity index (χ1) is 15.5. The molecule has 3 rings (SSSR count). The van der Waals surface area contributed by atoms with Gasteiger partial charge in [-0.05, 0) is 42.3 Å². The number of carbonyl (C=O) groups is 2. The molecule has 1 fully saturated rings. The molecular formula is C24H30N2O5S. The van der Waals surface area contributed by atoms with Gasteiger partial charge in [-0.25, -0.2) is 4.79 Å². The van der Waals surface area contributed by atoms with Crippen molar-refractivity contribution in [3.63, 3.8) is 0 Å². The molecule has 8 heteroatoms. The molecule has 1 amide bonds. The number of rotatable bonds is 9. The Balaban J connectivity index is 1.50. The van der Waals surface area contributed by atoms with E-state index in [-0.39, 0.29) is 0 Å². The summed E-state index contributed by atoms with van der Waals surface area (Å²) in [6.45, 7) is 5.95. The standard InChI is InChI=1S/C24H30N2O5S/c1-17(27)22(24(29)30-2)25-23(28)20-7-9-21(10-8-20)32-16-19-5-3-18(4-6-19)15-26-11-13-31-14-12-26/h3-10,17,22,27H,11-16H2,1-2H3,(H,25,28). The number of ether oxygens (including phenoxy) is 2. The number of hydrogen-bond donors (Lipinski definition) is 2. The summed E-state index contributed by atoms with van der Waals surface area (Å²) in [5.41, 5.74) is 2.95. The Kier molecular flexibility index (Phi) is 9.11. The van der Waals surface area contributed by atoms with Gasteiger partial charge in [0.1, 0.15) is 0 Å². The molecule has 0 bridgehead atoms. The van der Waals surface area contributed by atoms with Crippen molar-refractivity contribution < 1.29 is 24.2 Å². The molecule has 2 atom stereocenters. The van der Waals surface area contributed by atoms with E-state index in [0.29, 0.717) is 5.56 Å². The molecule has 32 heavy (non-hydrogen) atoms. The van der Waals surface area contributed by atoms with Gasteiger partial charge in [-0.1, -0.05) is 24.3 Å². The highest BCUT2D eigenvalue weighted by atomic mass is 32.2. The average Bonchev–Trinajstić information content (AvgIpc) is 2.82. The first kappa shape index (κ1) is 24.3. The summed E-state index contributed by atoms with van der Waals surface area (Å²) in [6, 6.07) is 14.7. The number of carbonyl (C=O) groups excluding carboxylic acids is 2. The normalized spacial score (nSPS) is 16.2. The van der Waals surface area contributed by atoms with E-state index in [9.17, 15) is 14.7 Å². The van der Waals surface area contributed by atoms with Crippen LogP contribution in [0.15, 0.2) is 53.4 Å². The molecule has 0 spiro atoms. The summed E-state index contributed by atoms with van der Waals surface area (Å²) in [6.07, 6.45) is -1.05. The summed E-state index contributed by atoms with van der Waals surface area (Å²) in [5, 5.41) is 12.2. The highest BCUT2D eigenvalue weighted by molar-refractivity contribution is 7.98. The molecule has 1 aliphatic heterocycles. The molecular weight excluding hydrogens is 428 g/mol. The summed E-state index contributed by atoms with van der Waals surface area (Å²) in [4.78, 5) is 27.5. The number of benzene rings is 2. The van der Waals surface area contributed by atoms with Crippen LogP contribution in [-0.2, 0) is 26.6 Å². The van der Waals surface area contributed by atoms with Crippen LogP contribution in [-0.4, -0.2) is 67.4 Å². The van der Waals surface area contributed by atoms with E-state index in [1.807, 2.05) is 12.1 Å². The number of nitrogens with one attached hydrogen (secondary N) is 1. The summed E-state index contributed by atoms with van der Waals surface area (Å²) >= 11 is 1.69. The zero-order chi connectivity index (χ0) is 22.9. The highest BCUT2D eigenvalue weighted by Gasteiger charge is 2.26. The molecule has 2 unspecified atom stereocenters. The van der Waals surface area contributed by atoms with Crippen LogP contribution < -0.4 is 5.32 Å². The van der Waals surface area contributed by atoms with Crippen molar-refractivity contribution in [1.29, 1.82) is 0 Å². The van der Waals surface area contributed by atoms with Crippen LogP contribution in [0.5, 0.6) is 0 Å². The molecule has 2 aromatic rings. The van der Waals surface area contributed by atoms with E-state index >= 15 is 0 Å². The second-order valence-electron chi connectivity index (χ2n) is 7.73. The number of thioether (sulfide) groups is 1. The Morgan fingerprint density at radius 3 is 2.31 bits per heavy atom. The van der Waals surface area contributed by atoms with Gasteiger partial charge >= 0.3 is 5.97 Å². The lowest BCUT2D eigenvalue weighted by atomic mass is 10.1. The molecule has 2 aromatic carbocycles. The largest absolute Gasteiger partial charge is 0.467 e. The van der Waals surface area contributed by atoms with Crippen molar-refractivity contribution in [2.75, 3.05) is 33.4 Å². The summed E-state index contributed by atoms with van der Waals surface area (Å²) in [5.74, 6) is -0.291. The number of esters is 1. The van der Waals surface area contributed by atoms with Crippen molar-refractivity contribution >= 4 is 23.6 Å². The van der Waals surface area contributed by atoms with E-state index in [2.05, 4.69) is 39.2 Å². The van der Waals surface area contributed by atoms with Gasteiger partial charge in [0, 0.05) is 35.8 Å². The van der Waals surface area contributed by atoms with Gasteiger partial charge < -0.3 is 19.9 Å². The average molecular weight is 459 g/mol. The number of hydrogen-bond acceptors (Lipinski definition) is 7. The van der Waals surface area contributed by atoms with E-state index in [1.54, 1.807) is 23.9 Å². The van der Waals surface area contributed by atoms with Crippen LogP contribution >= 0.6 is 11.8 Å². The number of amides is 1. The molecule has 0 saturated carbocycles. The van der Waals surface area contributed by atoms with E-state index in [1.165, 1.54) is 25.2 Å². The van der Waals surface area contributed by atoms with Gasteiger partial charge in [-0.2, -0.15) is 0 Å². The van der Waals surface area contributed by atoms with Crippen LogP contribution in [0.25, 0.3) is 0 Å². The molecule has 1 saturated heterocycles. The molecule has 0 radical (unpaired) electrons. The number of aliphatic hydroxyl groups excluding tert-OH is 1. The number of morpholine rings is 1. The zero-order valence-corrected chi connectivity index (χ0v) is 19.3. The molecule has 2 N–H and O–H groups in total. The third-order valence-corrected chi connectivity index (χ3v) is 6.36. The molecule has 1 heterocycles. The topological polar surface area (TPSA) is 88.1 Å². The SMILES string of the molecule is COC(=O)C(NC(=O)c1ccc(SCc2ccc(CN3CCOCC3)cc2)cc1)C(C)O. The summed E-state index contributed by atoms with van der Waals surface area (Å²) in [7, 11) is 1.22. The third kappa shape index (κ3) is 7.06. The maximum atomic E-state index is 12.4. The van der Waals surface area contributed by atoms with Gasteiger partial charge in [0.2, 0.25) is 0 Å². The molecule has 172 valence electrons. The zero-order valence-electron chi connectivity index (χ0n) is 18.5. The lowest BCUT2D eigenvalue weighted by Gasteiger charge is -2.26. The predicted octanol–water partition coefficient (Wildman–Crippen LogP) is 2.46. The van der Waals surface area contributed by atoms with Crippen molar-refractivity contribution in [2.24, 2.45) is 0 Å². The van der Waals surface area contributed by atoms with Crippen LogP contribution in [0, 0.1) is 0 Å². The second kappa shape index (κ2) is 12.0. The maximum absolute atomic E-state index is 12.4.